The van der Waals surface area contributed by atoms with Crippen LogP contribution >= 0.6 is 0 Å². The molecule has 0 spiro atoms. The maximum atomic E-state index is 12.5. The maximum Gasteiger partial charge on any atom is 0.265 e. The number of carbonyl (C=O) groups excluding carboxylic acids is 2. The van der Waals surface area contributed by atoms with Crippen LogP contribution in [-0.2, 0) is 25.8 Å². The van der Waals surface area contributed by atoms with Gasteiger partial charge in [-0.25, -0.2) is 13.4 Å². The Morgan fingerprint density at radius 2 is 1.67 bits per heavy atom. The summed E-state index contributed by atoms with van der Waals surface area (Å²) in [5, 5.41) is 2.95. The lowest BCUT2D eigenvalue weighted by Crippen LogP contribution is -2.44. The Hall–Kier alpha value is -2.15. The van der Waals surface area contributed by atoms with Gasteiger partial charge in [-0.05, 0) is 38.0 Å². The number of hydrogen-bond donors (Lipinski definition) is 0. The first-order valence-corrected chi connectivity index (χ1v) is 9.63. The van der Waals surface area contributed by atoms with Crippen molar-refractivity contribution >= 4 is 21.7 Å². The van der Waals surface area contributed by atoms with Crippen molar-refractivity contribution in [2.75, 3.05) is 19.3 Å². The second-order valence-electron chi connectivity index (χ2n) is 6.15. The van der Waals surface area contributed by atoms with Crippen LogP contribution in [0.2, 0.25) is 0 Å². The molecule has 0 N–H and O–H groups in total. The molecule has 1 aromatic carbocycles. The lowest BCUT2D eigenvalue weighted by molar-refractivity contribution is -0.154. The second kappa shape index (κ2) is 7.17. The van der Waals surface area contributed by atoms with Gasteiger partial charge in [-0.1, -0.05) is 17.7 Å². The van der Waals surface area contributed by atoms with Crippen LogP contribution in [0.15, 0.2) is 40.8 Å². The molecule has 1 aliphatic rings. The lowest BCUT2D eigenvalue weighted by atomic mass is 10.1. The summed E-state index contributed by atoms with van der Waals surface area (Å²) in [5.41, 5.74) is 1.60. The highest BCUT2D eigenvalue weighted by molar-refractivity contribution is 7.90. The number of nitrogens with zero attached hydrogens (tertiary/aromatic N) is 2. The van der Waals surface area contributed by atoms with Gasteiger partial charge >= 0.3 is 0 Å². The summed E-state index contributed by atoms with van der Waals surface area (Å²) in [4.78, 5) is 24.9. The predicted octanol–water partition coefficient (Wildman–Crippen LogP) is 1.57. The number of allylic oxidation sites excluding steroid dienone is 1. The molecule has 0 aliphatic carbocycles. The quantitative estimate of drug-likeness (QED) is 0.773. The SMILES string of the molecule is CC(C)=CC(=O)N1CCCN1C(=O)Cc1ccc(S(C)(=O)=O)cc1. The largest absolute Gasteiger partial charge is 0.273 e. The summed E-state index contributed by atoms with van der Waals surface area (Å²) in [6.45, 7) is 4.72. The molecule has 0 bridgehead atoms. The van der Waals surface area contributed by atoms with Crippen LogP contribution in [0.4, 0.5) is 0 Å². The van der Waals surface area contributed by atoms with Gasteiger partial charge in [-0.2, -0.15) is 0 Å². The molecule has 24 heavy (non-hydrogen) atoms. The lowest BCUT2D eigenvalue weighted by Gasteiger charge is -2.27. The van der Waals surface area contributed by atoms with E-state index in [1.54, 1.807) is 12.1 Å². The first-order chi connectivity index (χ1) is 11.2. The van der Waals surface area contributed by atoms with Gasteiger partial charge in [0, 0.05) is 25.4 Å². The number of amides is 2. The number of hydrogen-bond acceptors (Lipinski definition) is 4. The fraction of sp³-hybridized carbons (Fsp3) is 0.412. The molecule has 0 saturated carbocycles. The van der Waals surface area contributed by atoms with Crippen LogP contribution in [0.5, 0.6) is 0 Å². The van der Waals surface area contributed by atoms with E-state index in [0.717, 1.165) is 18.2 Å². The summed E-state index contributed by atoms with van der Waals surface area (Å²) in [6, 6.07) is 6.25. The van der Waals surface area contributed by atoms with Crippen molar-refractivity contribution in [3.63, 3.8) is 0 Å². The highest BCUT2D eigenvalue weighted by Gasteiger charge is 2.29. The molecule has 0 unspecified atom stereocenters. The Kier molecular flexibility index (Phi) is 5.43. The molecule has 1 saturated heterocycles. The summed E-state index contributed by atoms with van der Waals surface area (Å²) in [7, 11) is -3.25. The zero-order chi connectivity index (χ0) is 17.9. The van der Waals surface area contributed by atoms with E-state index < -0.39 is 9.84 Å². The number of benzene rings is 1. The van der Waals surface area contributed by atoms with Crippen LogP contribution < -0.4 is 0 Å². The number of carbonyl (C=O) groups is 2. The van der Waals surface area contributed by atoms with Crippen LogP contribution in [0, 0.1) is 0 Å². The summed E-state index contributed by atoms with van der Waals surface area (Å²) in [6.07, 6.45) is 3.54. The van der Waals surface area contributed by atoms with E-state index in [1.165, 1.54) is 28.2 Å². The van der Waals surface area contributed by atoms with Crippen LogP contribution in [0.25, 0.3) is 0 Å². The third kappa shape index (κ3) is 4.44. The first-order valence-electron chi connectivity index (χ1n) is 7.74. The van der Waals surface area contributed by atoms with Gasteiger partial charge in [0.05, 0.1) is 11.3 Å². The Morgan fingerprint density at radius 1 is 1.08 bits per heavy atom. The van der Waals surface area contributed by atoms with Gasteiger partial charge < -0.3 is 0 Å². The highest BCUT2D eigenvalue weighted by atomic mass is 32.2. The van der Waals surface area contributed by atoms with Crippen molar-refractivity contribution in [2.45, 2.75) is 31.6 Å². The fourth-order valence-corrected chi connectivity index (χ4v) is 3.17. The second-order valence-corrected chi connectivity index (χ2v) is 8.16. The zero-order valence-electron chi connectivity index (χ0n) is 14.2. The topological polar surface area (TPSA) is 74.8 Å². The van der Waals surface area contributed by atoms with Crippen LogP contribution in [0.1, 0.15) is 25.8 Å². The predicted molar refractivity (Wildman–Crippen MR) is 90.7 cm³/mol. The molecule has 1 aromatic rings. The third-order valence-electron chi connectivity index (χ3n) is 3.69. The number of rotatable bonds is 4. The van der Waals surface area contributed by atoms with Gasteiger partial charge in [0.15, 0.2) is 9.84 Å². The van der Waals surface area contributed by atoms with Gasteiger partial charge in [-0.3, -0.25) is 14.6 Å². The average molecular weight is 350 g/mol. The number of hydrazine groups is 1. The van der Waals surface area contributed by atoms with Gasteiger partial charge in [0.2, 0.25) is 5.91 Å². The van der Waals surface area contributed by atoms with E-state index in [1.807, 2.05) is 13.8 Å². The van der Waals surface area contributed by atoms with Crippen molar-refractivity contribution in [3.05, 3.63) is 41.5 Å². The molecule has 1 heterocycles. The Balaban J connectivity index is 2.08. The van der Waals surface area contributed by atoms with E-state index >= 15 is 0 Å². The first kappa shape index (κ1) is 18.2. The Labute approximate surface area is 142 Å². The van der Waals surface area contributed by atoms with E-state index in [2.05, 4.69) is 0 Å². The van der Waals surface area contributed by atoms with Crippen molar-refractivity contribution < 1.29 is 18.0 Å². The summed E-state index contributed by atoms with van der Waals surface area (Å²) < 4.78 is 22.9. The molecular formula is C17H22N2O4S. The minimum Gasteiger partial charge on any atom is -0.273 e. The summed E-state index contributed by atoms with van der Waals surface area (Å²) >= 11 is 0. The van der Waals surface area contributed by atoms with E-state index in [0.29, 0.717) is 18.7 Å². The Bertz CT molecular complexity index is 762. The minimum atomic E-state index is -3.25. The molecular weight excluding hydrogens is 328 g/mol. The number of sulfone groups is 1. The Morgan fingerprint density at radius 3 is 2.21 bits per heavy atom. The minimum absolute atomic E-state index is 0.128. The molecule has 2 rings (SSSR count). The average Bonchev–Trinajstić information content (AvgIpc) is 2.95. The standard InChI is InChI=1S/C17H22N2O4S/c1-13(2)11-16(20)18-9-4-10-19(18)17(21)12-14-5-7-15(8-6-14)24(3,22)23/h5-8,11H,4,9-10,12H2,1-3H3. The smallest absolute Gasteiger partial charge is 0.265 e. The van der Waals surface area contributed by atoms with Crippen molar-refractivity contribution in [2.24, 2.45) is 0 Å². The zero-order valence-corrected chi connectivity index (χ0v) is 15.0. The molecule has 0 aromatic heterocycles. The van der Waals surface area contributed by atoms with Gasteiger partial charge in [0.25, 0.3) is 5.91 Å². The third-order valence-corrected chi connectivity index (χ3v) is 4.82. The molecule has 6 nitrogen and oxygen atoms in total. The molecule has 0 atom stereocenters. The molecule has 7 heteroatoms. The maximum absolute atomic E-state index is 12.5. The highest BCUT2D eigenvalue weighted by Crippen LogP contribution is 2.16. The van der Waals surface area contributed by atoms with Gasteiger partial charge in [-0.15, -0.1) is 0 Å². The normalized spacial score (nSPS) is 14.6. The van der Waals surface area contributed by atoms with E-state index in [4.69, 9.17) is 0 Å². The summed E-state index contributed by atoms with van der Waals surface area (Å²) in [5.74, 6) is -0.358. The van der Waals surface area contributed by atoms with Crippen LogP contribution in [-0.4, -0.2) is 49.6 Å². The van der Waals surface area contributed by atoms with Crippen molar-refractivity contribution in [1.82, 2.24) is 10.0 Å². The van der Waals surface area contributed by atoms with Crippen molar-refractivity contribution in [3.8, 4) is 0 Å². The van der Waals surface area contributed by atoms with Gasteiger partial charge in [0.1, 0.15) is 0 Å². The molecule has 2 amide bonds. The monoisotopic (exact) mass is 350 g/mol. The van der Waals surface area contributed by atoms with Crippen LogP contribution in [0.3, 0.4) is 0 Å². The molecule has 1 aliphatic heterocycles. The van der Waals surface area contributed by atoms with E-state index in [9.17, 15) is 18.0 Å². The molecule has 1 fully saturated rings. The molecule has 0 radical (unpaired) electrons. The van der Waals surface area contributed by atoms with E-state index in [-0.39, 0.29) is 23.1 Å². The van der Waals surface area contributed by atoms with Crippen molar-refractivity contribution in [1.29, 1.82) is 0 Å². The fourth-order valence-electron chi connectivity index (χ4n) is 2.54. The molecule has 130 valence electrons.